The van der Waals surface area contributed by atoms with E-state index in [1.165, 1.54) is 66.8 Å². The topological polar surface area (TPSA) is 133 Å². The number of piperidine rings is 3. The van der Waals surface area contributed by atoms with Crippen LogP contribution in [0, 0.1) is 11.7 Å². The third-order valence-electron chi connectivity index (χ3n) is 9.44. The summed E-state index contributed by atoms with van der Waals surface area (Å²) < 4.78 is 33.9. The lowest BCUT2D eigenvalue weighted by atomic mass is 9.85. The maximum absolute atomic E-state index is 15.2. The van der Waals surface area contributed by atoms with Crippen LogP contribution in [0.4, 0.5) is 14.9 Å². The molecule has 0 saturated carbocycles. The number of carbonyl (C=O) groups is 2. The van der Waals surface area contributed by atoms with Crippen molar-refractivity contribution in [2.75, 3.05) is 38.8 Å². The number of halogens is 3. The summed E-state index contributed by atoms with van der Waals surface area (Å²) in [6.45, 7) is 2.39. The first-order valence-electron chi connectivity index (χ1n) is 16.1. The fraction of sp³-hybridized carbons (Fsp3) is 0.371. The van der Waals surface area contributed by atoms with Crippen LogP contribution >= 0.6 is 23.2 Å². The number of hydrogen-bond donors (Lipinski definition) is 1. The number of carbonyl (C=O) groups excluding carboxylic acids is 2. The Morgan fingerprint density at radius 3 is 2.42 bits per heavy atom. The van der Waals surface area contributed by atoms with E-state index in [0.717, 1.165) is 25.9 Å². The Labute approximate surface area is 298 Å². The van der Waals surface area contributed by atoms with E-state index in [9.17, 15) is 19.9 Å². The third-order valence-corrected chi connectivity index (χ3v) is 10.1. The predicted octanol–water partition coefficient (Wildman–Crippen LogP) is 4.43. The molecule has 2 aromatic heterocycles. The van der Waals surface area contributed by atoms with Gasteiger partial charge < -0.3 is 24.1 Å². The minimum absolute atomic E-state index is 0.0145. The van der Waals surface area contributed by atoms with Crippen LogP contribution in [0.25, 0.3) is 0 Å². The zero-order valence-corrected chi connectivity index (χ0v) is 28.9. The number of methoxy groups -OCH3 is 2. The van der Waals surface area contributed by atoms with E-state index >= 15 is 4.39 Å². The Morgan fingerprint density at radius 1 is 1.10 bits per heavy atom. The second-order valence-corrected chi connectivity index (χ2v) is 13.2. The van der Waals surface area contributed by atoms with Crippen LogP contribution in [0.1, 0.15) is 41.5 Å². The van der Waals surface area contributed by atoms with Crippen LogP contribution in [0.2, 0.25) is 10.0 Å². The number of carboxylic acid groups (broad SMARTS) is 1. The summed E-state index contributed by atoms with van der Waals surface area (Å²) in [4.78, 5) is 30.2. The average Bonchev–Trinajstić information content (AvgIpc) is 3.56. The van der Waals surface area contributed by atoms with Gasteiger partial charge in [0.1, 0.15) is 22.0 Å². The summed E-state index contributed by atoms with van der Waals surface area (Å²) in [6.07, 6.45) is 6.16. The molecule has 1 amide bonds. The van der Waals surface area contributed by atoms with Gasteiger partial charge in [-0.25, -0.2) is 9.18 Å². The number of pyridine rings is 1. The number of fused-ring (bicyclic) bond motifs is 3. The minimum atomic E-state index is -1.47. The second kappa shape index (κ2) is 15.1. The van der Waals surface area contributed by atoms with Gasteiger partial charge in [0.05, 0.1) is 44.7 Å². The largest absolute Gasteiger partial charge is 0.548 e. The van der Waals surface area contributed by atoms with Crippen LogP contribution in [0.15, 0.2) is 67.3 Å². The molecule has 15 heteroatoms. The quantitative estimate of drug-likeness (QED) is 0.166. The van der Waals surface area contributed by atoms with Gasteiger partial charge in [-0.15, -0.1) is 0 Å². The van der Waals surface area contributed by atoms with E-state index in [2.05, 4.69) is 10.00 Å². The molecule has 3 aliphatic rings. The molecule has 3 aliphatic heterocycles. The highest BCUT2D eigenvalue weighted by molar-refractivity contribution is 6.35. The van der Waals surface area contributed by atoms with Gasteiger partial charge in [-0.3, -0.25) is 19.7 Å². The van der Waals surface area contributed by atoms with Crippen molar-refractivity contribution in [1.29, 1.82) is 0 Å². The van der Waals surface area contributed by atoms with Crippen molar-refractivity contribution in [2.45, 2.75) is 43.9 Å². The Morgan fingerprint density at radius 2 is 1.80 bits per heavy atom. The molecular formula is C35H36Cl2FN5O7. The highest BCUT2D eigenvalue weighted by Crippen LogP contribution is 2.40. The monoisotopic (exact) mass is 727 g/mol. The third kappa shape index (κ3) is 7.44. The van der Waals surface area contributed by atoms with Gasteiger partial charge in [-0.2, -0.15) is 5.10 Å². The van der Waals surface area contributed by atoms with E-state index in [1.807, 2.05) is 0 Å². The molecule has 1 unspecified atom stereocenters. The number of aromatic nitrogens is 3. The fourth-order valence-electron chi connectivity index (χ4n) is 6.86. The molecular weight excluding hydrogens is 692 g/mol. The smallest absolute Gasteiger partial charge is 0.415 e. The summed E-state index contributed by atoms with van der Waals surface area (Å²) in [5.74, 6) is -1.96. The van der Waals surface area contributed by atoms with Gasteiger partial charge >= 0.3 is 6.09 Å². The highest BCUT2D eigenvalue weighted by atomic mass is 35.5. The second-order valence-electron chi connectivity index (χ2n) is 12.4. The van der Waals surface area contributed by atoms with Gasteiger partial charge in [-0.1, -0.05) is 41.4 Å². The van der Waals surface area contributed by atoms with Crippen molar-refractivity contribution >= 4 is 41.0 Å². The lowest BCUT2D eigenvalue weighted by Crippen LogP contribution is -2.53. The summed E-state index contributed by atoms with van der Waals surface area (Å²) in [6, 6.07) is 9.43. The van der Waals surface area contributed by atoms with Gasteiger partial charge in [0.15, 0.2) is 11.5 Å². The molecule has 3 fully saturated rings. The number of anilines is 1. The normalized spacial score (nSPS) is 19.4. The van der Waals surface area contributed by atoms with Crippen LogP contribution < -0.4 is 24.2 Å². The lowest BCUT2D eigenvalue weighted by molar-refractivity contribution is -0.904. The van der Waals surface area contributed by atoms with Gasteiger partial charge in [0.25, 0.3) is 0 Å². The van der Waals surface area contributed by atoms with Gasteiger partial charge in [0, 0.05) is 34.5 Å². The first kappa shape index (κ1) is 35.2. The molecule has 0 radical (unpaired) electrons. The Hall–Kier alpha value is -4.59. The molecule has 4 aromatic rings. The highest BCUT2D eigenvalue weighted by Gasteiger charge is 2.38. The predicted molar refractivity (Wildman–Crippen MR) is 178 cm³/mol. The van der Waals surface area contributed by atoms with Crippen molar-refractivity contribution in [3.63, 3.8) is 0 Å². The van der Waals surface area contributed by atoms with Crippen molar-refractivity contribution in [1.82, 2.24) is 14.7 Å². The zero-order valence-electron chi connectivity index (χ0n) is 27.4. The van der Waals surface area contributed by atoms with Gasteiger partial charge in [-0.05, 0) is 68.1 Å². The maximum atomic E-state index is 15.2. The molecule has 0 spiro atoms. The van der Waals surface area contributed by atoms with E-state index in [-0.39, 0.29) is 40.7 Å². The number of rotatable bonds is 12. The molecule has 2 aromatic carbocycles. The number of aliphatic carboxylic acids is 1. The van der Waals surface area contributed by atoms with Crippen LogP contribution in [0.3, 0.4) is 0 Å². The van der Waals surface area contributed by atoms with Crippen molar-refractivity contribution < 1.29 is 43.2 Å². The van der Waals surface area contributed by atoms with E-state index < -0.39 is 29.8 Å². The summed E-state index contributed by atoms with van der Waals surface area (Å²) in [5.41, 5.74) is 1.31. The number of amides is 1. The molecule has 3 atom stereocenters. The molecule has 1 N–H and O–H groups in total. The molecule has 7 rings (SSSR count). The Bertz CT molecular complexity index is 1850. The van der Waals surface area contributed by atoms with Gasteiger partial charge in [0.2, 0.25) is 12.4 Å². The average molecular weight is 729 g/mol. The van der Waals surface area contributed by atoms with Crippen LogP contribution in [-0.4, -0.2) is 71.9 Å². The lowest BCUT2D eigenvalue weighted by Gasteiger charge is -2.44. The van der Waals surface area contributed by atoms with E-state index in [0.29, 0.717) is 39.5 Å². The SMILES string of the molecule is COc1ccc([C@H](Cc2c(Cl)c[n+](O)cc2Cl)C(C(=O)[O-])n2cc(CN(C(=O)O[C@H]3CN4CCC3CC4)c3ccccc3F)cn2)cc1OC. The zero-order chi connectivity index (χ0) is 35.5. The molecule has 12 nitrogen and oxygen atoms in total. The number of carboxylic acids is 1. The number of hydrogen-bond acceptors (Lipinski definition) is 9. The molecule has 3 saturated heterocycles. The first-order chi connectivity index (χ1) is 24.1. The fourth-order valence-corrected chi connectivity index (χ4v) is 7.46. The Balaban J connectivity index is 1.35. The first-order valence-corrected chi connectivity index (χ1v) is 16.8. The summed E-state index contributed by atoms with van der Waals surface area (Å²) >= 11 is 13.0. The minimum Gasteiger partial charge on any atom is -0.548 e. The van der Waals surface area contributed by atoms with Crippen molar-refractivity contribution in [3.05, 3.63) is 99.8 Å². The van der Waals surface area contributed by atoms with E-state index in [1.54, 1.807) is 24.3 Å². The van der Waals surface area contributed by atoms with Crippen molar-refractivity contribution in [3.8, 4) is 11.5 Å². The molecule has 50 heavy (non-hydrogen) atoms. The summed E-state index contributed by atoms with van der Waals surface area (Å²) in [5, 5.41) is 27.6. The molecule has 2 bridgehead atoms. The maximum Gasteiger partial charge on any atom is 0.415 e. The standard InChI is InChI=1S/C35H36Cl2FN5O7/c1-48-30-8-7-23(13-31(30)49-2)24(14-25-26(36)18-41(47)19-27(25)37)33(34(44)45)43-17-21(15-39-43)16-42(29-6-4-3-5-28(29)38)35(46)50-32-20-40-11-9-22(32)10-12-40/h3-8,13,15,17-19,22,24,32-33H,9-12,14,16,20H2,1-2H3,(H-,44,45,47)/t24-,32-,33?/m0/s1. The molecule has 5 heterocycles. The Kier molecular flexibility index (Phi) is 10.7. The number of para-hydroxylation sites is 1. The van der Waals surface area contributed by atoms with Crippen molar-refractivity contribution in [2.24, 2.45) is 5.92 Å². The molecule has 264 valence electrons. The number of ether oxygens (including phenoxy) is 3. The summed E-state index contributed by atoms with van der Waals surface area (Å²) in [7, 11) is 2.94. The van der Waals surface area contributed by atoms with Crippen LogP contribution in [0.5, 0.6) is 11.5 Å². The number of nitrogens with zero attached hydrogens (tertiary/aromatic N) is 5. The van der Waals surface area contributed by atoms with Crippen LogP contribution in [-0.2, 0) is 22.5 Å². The number of benzene rings is 2. The molecule has 0 aliphatic carbocycles. The van der Waals surface area contributed by atoms with E-state index in [4.69, 9.17) is 37.4 Å².